The van der Waals surface area contributed by atoms with Crippen molar-refractivity contribution in [3.05, 3.63) is 18.2 Å². The van der Waals surface area contributed by atoms with Gasteiger partial charge in [0.1, 0.15) is 0 Å². The fraction of sp³-hybridized carbons (Fsp3) is 0.308. The number of amides is 1. The molecule has 1 amide bonds. The summed E-state index contributed by atoms with van der Waals surface area (Å²) >= 11 is 1.18. The van der Waals surface area contributed by atoms with Crippen LogP contribution in [0.25, 0.3) is 11.5 Å². The predicted octanol–water partition coefficient (Wildman–Crippen LogP) is 1.59. The zero-order valence-corrected chi connectivity index (χ0v) is 12.7. The van der Waals surface area contributed by atoms with Crippen LogP contribution < -0.4 is 14.8 Å². The van der Waals surface area contributed by atoms with Crippen LogP contribution in [-0.4, -0.2) is 43.1 Å². The van der Waals surface area contributed by atoms with Gasteiger partial charge in [-0.05, 0) is 18.2 Å². The lowest BCUT2D eigenvalue weighted by Crippen LogP contribution is -2.19. The molecule has 2 aromatic rings. The molecule has 0 spiro atoms. The molecule has 0 aliphatic rings. The molecule has 0 aliphatic heterocycles. The van der Waals surface area contributed by atoms with Crippen molar-refractivity contribution in [3.8, 4) is 23.0 Å². The van der Waals surface area contributed by atoms with E-state index in [-0.39, 0.29) is 11.7 Å². The maximum Gasteiger partial charge on any atom is 0.277 e. The molecule has 112 valence electrons. The molecule has 0 saturated carbocycles. The summed E-state index contributed by atoms with van der Waals surface area (Å²) < 4.78 is 15.9. The van der Waals surface area contributed by atoms with E-state index in [1.54, 1.807) is 39.5 Å². The molecule has 1 aromatic heterocycles. The molecule has 0 fully saturated rings. The number of carbonyl (C=O) groups is 1. The molecular weight excluding hydrogens is 294 g/mol. The van der Waals surface area contributed by atoms with Crippen molar-refractivity contribution in [2.75, 3.05) is 27.0 Å². The molecule has 0 aliphatic carbocycles. The fourth-order valence-electron chi connectivity index (χ4n) is 1.55. The van der Waals surface area contributed by atoms with Gasteiger partial charge in [0.2, 0.25) is 11.8 Å². The minimum Gasteiger partial charge on any atom is -0.493 e. The zero-order valence-electron chi connectivity index (χ0n) is 11.9. The summed E-state index contributed by atoms with van der Waals surface area (Å²) in [4.78, 5) is 11.2. The Morgan fingerprint density at radius 3 is 2.71 bits per heavy atom. The first-order chi connectivity index (χ1) is 10.2. The van der Waals surface area contributed by atoms with Crippen LogP contribution >= 0.6 is 11.8 Å². The maximum absolute atomic E-state index is 11.2. The van der Waals surface area contributed by atoms with Crippen LogP contribution in [0, 0.1) is 0 Å². The quantitative estimate of drug-likeness (QED) is 0.811. The first-order valence-corrected chi connectivity index (χ1v) is 7.05. The van der Waals surface area contributed by atoms with Crippen LogP contribution in [0.1, 0.15) is 0 Å². The van der Waals surface area contributed by atoms with Crippen molar-refractivity contribution in [1.82, 2.24) is 15.5 Å². The van der Waals surface area contributed by atoms with E-state index in [1.807, 2.05) is 0 Å². The smallest absolute Gasteiger partial charge is 0.277 e. The van der Waals surface area contributed by atoms with Gasteiger partial charge in [-0.2, -0.15) is 0 Å². The van der Waals surface area contributed by atoms with Crippen molar-refractivity contribution in [1.29, 1.82) is 0 Å². The molecule has 7 nitrogen and oxygen atoms in total. The van der Waals surface area contributed by atoms with Crippen LogP contribution in [0.2, 0.25) is 0 Å². The van der Waals surface area contributed by atoms with Gasteiger partial charge in [0.15, 0.2) is 11.5 Å². The highest BCUT2D eigenvalue weighted by Crippen LogP contribution is 2.32. The Morgan fingerprint density at radius 2 is 2.05 bits per heavy atom. The number of nitrogens with zero attached hydrogens (tertiary/aromatic N) is 2. The Labute approximate surface area is 126 Å². The number of hydrogen-bond donors (Lipinski definition) is 1. The fourth-order valence-corrected chi connectivity index (χ4v) is 2.19. The van der Waals surface area contributed by atoms with Crippen LogP contribution in [0.3, 0.4) is 0 Å². The van der Waals surface area contributed by atoms with E-state index < -0.39 is 0 Å². The van der Waals surface area contributed by atoms with Crippen molar-refractivity contribution >= 4 is 17.7 Å². The van der Waals surface area contributed by atoms with Gasteiger partial charge < -0.3 is 19.2 Å². The lowest BCUT2D eigenvalue weighted by molar-refractivity contribution is -0.118. The second kappa shape index (κ2) is 6.98. The van der Waals surface area contributed by atoms with Gasteiger partial charge in [-0.1, -0.05) is 11.8 Å². The van der Waals surface area contributed by atoms with E-state index in [2.05, 4.69) is 15.5 Å². The summed E-state index contributed by atoms with van der Waals surface area (Å²) in [5, 5.41) is 10.7. The molecule has 0 bridgehead atoms. The number of methoxy groups -OCH3 is 2. The molecule has 0 atom stereocenters. The maximum atomic E-state index is 11.2. The van der Waals surface area contributed by atoms with E-state index >= 15 is 0 Å². The molecule has 0 saturated heterocycles. The van der Waals surface area contributed by atoms with E-state index in [1.165, 1.54) is 11.8 Å². The first-order valence-electron chi connectivity index (χ1n) is 6.07. The SMILES string of the molecule is CNC(=O)CSc1nnc(-c2ccc(OC)c(OC)c2)o1. The number of benzene rings is 1. The Bertz CT molecular complexity index is 630. The van der Waals surface area contributed by atoms with Crippen molar-refractivity contribution < 1.29 is 18.7 Å². The lowest BCUT2D eigenvalue weighted by atomic mass is 10.2. The Morgan fingerprint density at radius 1 is 1.29 bits per heavy atom. The molecular formula is C13H15N3O4S. The first kappa shape index (κ1) is 15.2. The van der Waals surface area contributed by atoms with E-state index in [4.69, 9.17) is 13.9 Å². The van der Waals surface area contributed by atoms with Gasteiger partial charge in [-0.3, -0.25) is 4.79 Å². The zero-order chi connectivity index (χ0) is 15.2. The summed E-state index contributed by atoms with van der Waals surface area (Å²) in [7, 11) is 4.70. The third-order valence-corrected chi connectivity index (χ3v) is 3.46. The third kappa shape index (κ3) is 3.66. The Hall–Kier alpha value is -2.22. The monoisotopic (exact) mass is 309 g/mol. The van der Waals surface area contributed by atoms with Crippen molar-refractivity contribution in [2.45, 2.75) is 5.22 Å². The molecule has 8 heteroatoms. The lowest BCUT2D eigenvalue weighted by Gasteiger charge is -2.07. The van der Waals surface area contributed by atoms with Crippen molar-refractivity contribution in [3.63, 3.8) is 0 Å². The average Bonchev–Trinajstić information content (AvgIpc) is 3.00. The second-order valence-electron chi connectivity index (χ2n) is 3.90. The second-order valence-corrected chi connectivity index (χ2v) is 4.83. The highest BCUT2D eigenvalue weighted by molar-refractivity contribution is 7.99. The van der Waals surface area contributed by atoms with Crippen molar-refractivity contribution in [2.24, 2.45) is 0 Å². The number of thioether (sulfide) groups is 1. The number of carbonyl (C=O) groups excluding carboxylic acids is 1. The van der Waals surface area contributed by atoms with Gasteiger partial charge in [-0.15, -0.1) is 10.2 Å². The van der Waals surface area contributed by atoms with Crippen LogP contribution in [0.5, 0.6) is 11.5 Å². The molecule has 0 radical (unpaired) electrons. The number of nitrogens with one attached hydrogen (secondary N) is 1. The highest BCUT2D eigenvalue weighted by Gasteiger charge is 2.13. The van der Waals surface area contributed by atoms with Crippen LogP contribution in [0.15, 0.2) is 27.8 Å². The van der Waals surface area contributed by atoms with Gasteiger partial charge in [0, 0.05) is 12.6 Å². The molecule has 21 heavy (non-hydrogen) atoms. The minimum absolute atomic E-state index is 0.106. The number of hydrogen-bond acceptors (Lipinski definition) is 7. The van der Waals surface area contributed by atoms with E-state index in [0.717, 1.165) is 0 Å². The Kier molecular flexibility index (Phi) is 5.04. The predicted molar refractivity (Wildman–Crippen MR) is 77.6 cm³/mol. The summed E-state index contributed by atoms with van der Waals surface area (Å²) in [6, 6.07) is 5.30. The molecule has 1 heterocycles. The molecule has 1 N–H and O–H groups in total. The summed E-state index contributed by atoms with van der Waals surface area (Å²) in [5.41, 5.74) is 0.715. The summed E-state index contributed by atoms with van der Waals surface area (Å²) in [5.74, 6) is 1.67. The van der Waals surface area contributed by atoms with Gasteiger partial charge in [0.25, 0.3) is 5.22 Å². The number of ether oxygens (including phenoxy) is 2. The van der Waals surface area contributed by atoms with Gasteiger partial charge in [0.05, 0.1) is 20.0 Å². The summed E-state index contributed by atoms with van der Waals surface area (Å²) in [6.45, 7) is 0. The molecule has 2 rings (SSSR count). The third-order valence-electron chi connectivity index (χ3n) is 2.64. The van der Waals surface area contributed by atoms with Crippen LogP contribution in [0.4, 0.5) is 0 Å². The standard InChI is InChI=1S/C13H15N3O4S/c1-14-11(17)7-21-13-16-15-12(20-13)8-4-5-9(18-2)10(6-8)19-3/h4-6H,7H2,1-3H3,(H,14,17). The largest absolute Gasteiger partial charge is 0.493 e. The van der Waals surface area contributed by atoms with E-state index in [9.17, 15) is 4.79 Å². The highest BCUT2D eigenvalue weighted by atomic mass is 32.2. The number of rotatable bonds is 6. The molecule has 0 unspecified atom stereocenters. The topological polar surface area (TPSA) is 86.5 Å². The average molecular weight is 309 g/mol. The van der Waals surface area contributed by atoms with E-state index in [0.29, 0.717) is 28.2 Å². The minimum atomic E-state index is -0.106. The normalized spacial score (nSPS) is 10.2. The van der Waals surface area contributed by atoms with Gasteiger partial charge in [-0.25, -0.2) is 0 Å². The molecule has 1 aromatic carbocycles. The number of aromatic nitrogens is 2. The Balaban J connectivity index is 2.15. The van der Waals surface area contributed by atoms with Crippen LogP contribution in [-0.2, 0) is 4.79 Å². The van der Waals surface area contributed by atoms with Gasteiger partial charge >= 0.3 is 0 Å². The summed E-state index contributed by atoms with van der Waals surface area (Å²) in [6.07, 6.45) is 0.